The summed E-state index contributed by atoms with van der Waals surface area (Å²) in [6.07, 6.45) is 1.98. The minimum Gasteiger partial charge on any atom is -0.357 e. The van der Waals surface area contributed by atoms with E-state index in [1.165, 1.54) is 11.3 Å². The lowest BCUT2D eigenvalue weighted by Gasteiger charge is -2.35. The molecule has 1 aliphatic carbocycles. The Balaban J connectivity index is 2.50. The van der Waals surface area contributed by atoms with E-state index in [-0.39, 0.29) is 23.4 Å². The zero-order valence-electron chi connectivity index (χ0n) is 12.6. The summed E-state index contributed by atoms with van der Waals surface area (Å²) in [5.41, 5.74) is 10.1. The third-order valence-corrected chi connectivity index (χ3v) is 4.20. The van der Waals surface area contributed by atoms with Gasteiger partial charge in [-0.15, -0.1) is 0 Å². The van der Waals surface area contributed by atoms with Crippen molar-refractivity contribution in [1.29, 1.82) is 0 Å². The molecular weight excluding hydrogens is 238 g/mol. The van der Waals surface area contributed by atoms with Crippen LogP contribution in [0.4, 0.5) is 0 Å². The van der Waals surface area contributed by atoms with E-state index >= 15 is 0 Å². The molecule has 106 valence electrons. The molecule has 0 aliphatic heterocycles. The standard InChI is InChI=1S/C15H25N3O/c1-9-6-11-12(16)7-15(3,4)8-13(11)18(9)10(2)14(19)17-5/h6,10,12H,7-8,16H2,1-5H3,(H,17,19). The number of rotatable bonds is 2. The molecule has 4 nitrogen and oxygen atoms in total. The number of amides is 1. The smallest absolute Gasteiger partial charge is 0.242 e. The van der Waals surface area contributed by atoms with Gasteiger partial charge in [0.2, 0.25) is 5.91 Å². The zero-order chi connectivity index (χ0) is 14.4. The number of fused-ring (bicyclic) bond motifs is 1. The second-order valence-corrected chi connectivity index (χ2v) is 6.50. The van der Waals surface area contributed by atoms with Crippen LogP contribution in [-0.4, -0.2) is 17.5 Å². The molecule has 3 N–H and O–H groups in total. The van der Waals surface area contributed by atoms with Crippen LogP contribution in [0.1, 0.15) is 56.2 Å². The fourth-order valence-corrected chi connectivity index (χ4v) is 3.33. The van der Waals surface area contributed by atoms with Gasteiger partial charge in [0, 0.05) is 24.5 Å². The van der Waals surface area contributed by atoms with Crippen molar-refractivity contribution in [1.82, 2.24) is 9.88 Å². The number of aryl methyl sites for hydroxylation is 1. The summed E-state index contributed by atoms with van der Waals surface area (Å²) in [5.74, 6) is 0.0402. The predicted molar refractivity (Wildman–Crippen MR) is 77.0 cm³/mol. The topological polar surface area (TPSA) is 60.0 Å². The molecule has 2 rings (SSSR count). The number of hydrogen-bond donors (Lipinski definition) is 2. The van der Waals surface area contributed by atoms with Gasteiger partial charge in [-0.1, -0.05) is 13.8 Å². The molecule has 1 heterocycles. The SMILES string of the molecule is CNC(=O)C(C)n1c(C)cc2c1CC(C)(C)CC2N. The molecule has 0 aromatic carbocycles. The molecule has 1 aliphatic rings. The molecule has 4 heteroatoms. The Labute approximate surface area is 115 Å². The van der Waals surface area contributed by atoms with Gasteiger partial charge in [-0.2, -0.15) is 0 Å². The molecule has 0 radical (unpaired) electrons. The normalized spacial score (nSPS) is 22.7. The molecule has 0 spiro atoms. The number of likely N-dealkylation sites (N-methyl/N-ethyl adjacent to an activating group) is 1. The maximum atomic E-state index is 11.9. The molecule has 0 fully saturated rings. The van der Waals surface area contributed by atoms with Gasteiger partial charge in [-0.25, -0.2) is 0 Å². The molecular formula is C15H25N3O. The first kappa shape index (κ1) is 14.1. The van der Waals surface area contributed by atoms with Crippen LogP contribution in [-0.2, 0) is 11.2 Å². The van der Waals surface area contributed by atoms with Crippen LogP contribution in [0.3, 0.4) is 0 Å². The van der Waals surface area contributed by atoms with Crippen molar-refractivity contribution in [3.63, 3.8) is 0 Å². The lowest BCUT2D eigenvalue weighted by atomic mass is 9.74. The minimum atomic E-state index is -0.185. The Morgan fingerprint density at radius 2 is 2.21 bits per heavy atom. The third-order valence-electron chi connectivity index (χ3n) is 4.20. The van der Waals surface area contributed by atoms with E-state index in [4.69, 9.17) is 5.73 Å². The van der Waals surface area contributed by atoms with Crippen LogP contribution >= 0.6 is 0 Å². The molecule has 2 atom stereocenters. The third kappa shape index (κ3) is 2.41. The lowest BCUT2D eigenvalue weighted by Crippen LogP contribution is -2.34. The zero-order valence-corrected chi connectivity index (χ0v) is 12.6. The Hall–Kier alpha value is -1.29. The highest BCUT2D eigenvalue weighted by molar-refractivity contribution is 5.79. The summed E-state index contributed by atoms with van der Waals surface area (Å²) in [6, 6.07) is 2.04. The van der Waals surface area contributed by atoms with Gasteiger partial charge >= 0.3 is 0 Å². The second-order valence-electron chi connectivity index (χ2n) is 6.50. The molecule has 1 amide bonds. The summed E-state index contributed by atoms with van der Waals surface area (Å²) < 4.78 is 2.15. The number of nitrogens with zero attached hydrogens (tertiary/aromatic N) is 1. The first-order chi connectivity index (χ1) is 8.76. The highest BCUT2D eigenvalue weighted by Crippen LogP contribution is 2.41. The number of nitrogens with two attached hydrogens (primary N) is 1. The fraction of sp³-hybridized carbons (Fsp3) is 0.667. The molecule has 0 saturated heterocycles. The molecule has 0 bridgehead atoms. The molecule has 1 aromatic rings. The fourth-order valence-electron chi connectivity index (χ4n) is 3.33. The van der Waals surface area contributed by atoms with Gasteiger partial charge in [0.15, 0.2) is 0 Å². The Morgan fingerprint density at radius 3 is 2.79 bits per heavy atom. The Morgan fingerprint density at radius 1 is 1.58 bits per heavy atom. The van der Waals surface area contributed by atoms with Crippen molar-refractivity contribution in [3.8, 4) is 0 Å². The molecule has 0 saturated carbocycles. The average Bonchev–Trinajstić information content (AvgIpc) is 2.62. The number of nitrogens with one attached hydrogen (secondary N) is 1. The quantitative estimate of drug-likeness (QED) is 0.858. The highest BCUT2D eigenvalue weighted by Gasteiger charge is 2.34. The number of carbonyl (C=O) groups is 1. The average molecular weight is 263 g/mol. The van der Waals surface area contributed by atoms with E-state index in [1.54, 1.807) is 7.05 Å². The maximum absolute atomic E-state index is 11.9. The van der Waals surface area contributed by atoms with Crippen LogP contribution in [0.2, 0.25) is 0 Å². The summed E-state index contributed by atoms with van der Waals surface area (Å²) in [7, 11) is 1.68. The van der Waals surface area contributed by atoms with Crippen LogP contribution < -0.4 is 11.1 Å². The van der Waals surface area contributed by atoms with E-state index < -0.39 is 0 Å². The summed E-state index contributed by atoms with van der Waals surface area (Å²) >= 11 is 0. The van der Waals surface area contributed by atoms with Gasteiger partial charge in [0.25, 0.3) is 0 Å². The number of carbonyl (C=O) groups excluding carboxylic acids is 1. The first-order valence-electron chi connectivity index (χ1n) is 6.94. The monoisotopic (exact) mass is 263 g/mol. The van der Waals surface area contributed by atoms with E-state index in [2.05, 4.69) is 36.7 Å². The van der Waals surface area contributed by atoms with Crippen molar-refractivity contribution in [2.45, 2.75) is 52.6 Å². The van der Waals surface area contributed by atoms with Gasteiger partial charge in [-0.05, 0) is 43.7 Å². The van der Waals surface area contributed by atoms with Crippen LogP contribution in [0.5, 0.6) is 0 Å². The summed E-state index contributed by atoms with van der Waals surface area (Å²) in [4.78, 5) is 11.9. The van der Waals surface area contributed by atoms with Crippen molar-refractivity contribution < 1.29 is 4.79 Å². The van der Waals surface area contributed by atoms with Crippen LogP contribution in [0.25, 0.3) is 0 Å². The van der Waals surface area contributed by atoms with Crippen LogP contribution in [0.15, 0.2) is 6.07 Å². The summed E-state index contributed by atoms with van der Waals surface area (Å²) in [6.45, 7) is 8.48. The summed E-state index contributed by atoms with van der Waals surface area (Å²) in [5, 5.41) is 2.73. The Kier molecular flexibility index (Phi) is 3.47. The largest absolute Gasteiger partial charge is 0.357 e. The first-order valence-corrected chi connectivity index (χ1v) is 6.94. The van der Waals surface area contributed by atoms with Crippen molar-refractivity contribution >= 4 is 5.91 Å². The molecule has 1 aromatic heterocycles. The van der Waals surface area contributed by atoms with Gasteiger partial charge in [0.1, 0.15) is 6.04 Å². The second kappa shape index (κ2) is 4.67. The maximum Gasteiger partial charge on any atom is 0.242 e. The minimum absolute atomic E-state index is 0.0402. The van der Waals surface area contributed by atoms with E-state index in [1.807, 2.05) is 6.92 Å². The van der Waals surface area contributed by atoms with E-state index in [0.29, 0.717) is 0 Å². The van der Waals surface area contributed by atoms with Crippen LogP contribution in [0, 0.1) is 12.3 Å². The number of hydrogen-bond acceptors (Lipinski definition) is 2. The van der Waals surface area contributed by atoms with Crippen molar-refractivity contribution in [2.24, 2.45) is 11.1 Å². The van der Waals surface area contributed by atoms with Crippen molar-refractivity contribution in [3.05, 3.63) is 23.0 Å². The van der Waals surface area contributed by atoms with Gasteiger partial charge in [0.05, 0.1) is 0 Å². The lowest BCUT2D eigenvalue weighted by molar-refractivity contribution is -0.123. The van der Waals surface area contributed by atoms with Gasteiger partial charge < -0.3 is 15.6 Å². The Bertz CT molecular complexity index is 502. The van der Waals surface area contributed by atoms with Gasteiger partial charge in [-0.3, -0.25) is 4.79 Å². The number of aromatic nitrogens is 1. The van der Waals surface area contributed by atoms with E-state index in [0.717, 1.165) is 18.5 Å². The highest BCUT2D eigenvalue weighted by atomic mass is 16.2. The molecule has 19 heavy (non-hydrogen) atoms. The molecule has 2 unspecified atom stereocenters. The van der Waals surface area contributed by atoms with Crippen molar-refractivity contribution in [2.75, 3.05) is 7.05 Å². The van der Waals surface area contributed by atoms with E-state index in [9.17, 15) is 4.79 Å². The predicted octanol–water partition coefficient (Wildman–Crippen LogP) is 2.08.